The lowest BCUT2D eigenvalue weighted by molar-refractivity contribution is -0.127. The molecule has 4 heteroatoms. The number of rotatable bonds is 3. The van der Waals surface area contributed by atoms with Crippen LogP contribution in [0.3, 0.4) is 0 Å². The summed E-state index contributed by atoms with van der Waals surface area (Å²) in [7, 11) is 3.85. The van der Waals surface area contributed by atoms with E-state index in [0.29, 0.717) is 0 Å². The van der Waals surface area contributed by atoms with Crippen LogP contribution in [0, 0.1) is 6.92 Å². The number of carbonyl (C=O) groups is 1. The van der Waals surface area contributed by atoms with Gasteiger partial charge in [-0.2, -0.15) is 0 Å². The first-order chi connectivity index (χ1) is 8.49. The minimum absolute atomic E-state index is 0.102. The Hall–Kier alpha value is -1.84. The molecular weight excluding hydrogens is 226 g/mol. The molecule has 0 aliphatic rings. The summed E-state index contributed by atoms with van der Waals surface area (Å²) in [4.78, 5) is 17.4. The Balaban J connectivity index is 2.18. The van der Waals surface area contributed by atoms with Crippen molar-refractivity contribution in [3.8, 4) is 0 Å². The summed E-state index contributed by atoms with van der Waals surface area (Å²) in [5.41, 5.74) is 3.39. The zero-order valence-corrected chi connectivity index (χ0v) is 11.4. The highest BCUT2D eigenvalue weighted by molar-refractivity contribution is 5.77. The van der Waals surface area contributed by atoms with E-state index in [0.717, 1.165) is 29.8 Å². The highest BCUT2D eigenvalue weighted by atomic mass is 16.2. The molecule has 1 amide bonds. The molecule has 1 heterocycles. The molecule has 2 aromatic rings. The number of hydrogen-bond donors (Lipinski definition) is 0. The second kappa shape index (κ2) is 4.80. The third kappa shape index (κ3) is 2.37. The number of aromatic nitrogens is 2. The van der Waals surface area contributed by atoms with Crippen molar-refractivity contribution < 1.29 is 4.79 Å². The Kier molecular flexibility index (Phi) is 3.36. The molecule has 4 nitrogen and oxygen atoms in total. The van der Waals surface area contributed by atoms with Gasteiger partial charge in [-0.3, -0.25) is 4.79 Å². The number of aryl methyl sites for hydroxylation is 2. The van der Waals surface area contributed by atoms with Gasteiger partial charge < -0.3 is 9.47 Å². The Labute approximate surface area is 107 Å². The lowest BCUT2D eigenvalue weighted by Gasteiger charge is -2.14. The van der Waals surface area contributed by atoms with Gasteiger partial charge in [-0.15, -0.1) is 0 Å². The smallest absolute Gasteiger partial charge is 0.219 e. The summed E-state index contributed by atoms with van der Waals surface area (Å²) in [6, 6.07) is 6.31. The van der Waals surface area contributed by atoms with Gasteiger partial charge in [0.1, 0.15) is 5.82 Å². The van der Waals surface area contributed by atoms with Gasteiger partial charge in [0.2, 0.25) is 5.91 Å². The van der Waals surface area contributed by atoms with Gasteiger partial charge in [-0.25, -0.2) is 4.98 Å². The second-order valence-corrected chi connectivity index (χ2v) is 4.73. The van der Waals surface area contributed by atoms with Crippen molar-refractivity contribution in [3.63, 3.8) is 0 Å². The standard InChI is InChI=1S/C14H19N3O/c1-10-15-13-9-12(5-6-14(13)17(10)4)7-8-16(3)11(2)18/h5-6,9H,7-8H2,1-4H3. The van der Waals surface area contributed by atoms with Gasteiger partial charge in [0.15, 0.2) is 0 Å². The third-order valence-corrected chi connectivity index (χ3v) is 3.44. The number of amides is 1. The van der Waals surface area contributed by atoms with E-state index in [1.807, 2.05) is 21.0 Å². The molecule has 1 aromatic carbocycles. The van der Waals surface area contributed by atoms with Gasteiger partial charge in [-0.05, 0) is 31.0 Å². The molecule has 0 fully saturated rings. The normalized spacial score (nSPS) is 10.9. The molecular formula is C14H19N3O. The molecule has 0 spiro atoms. The fourth-order valence-electron chi connectivity index (χ4n) is 1.98. The largest absolute Gasteiger partial charge is 0.346 e. The van der Waals surface area contributed by atoms with E-state index in [-0.39, 0.29) is 5.91 Å². The molecule has 2 rings (SSSR count). The van der Waals surface area contributed by atoms with Crippen LogP contribution in [0.25, 0.3) is 11.0 Å². The average molecular weight is 245 g/mol. The number of carbonyl (C=O) groups excluding carboxylic acids is 1. The Morgan fingerprint density at radius 3 is 2.83 bits per heavy atom. The Morgan fingerprint density at radius 1 is 1.44 bits per heavy atom. The van der Waals surface area contributed by atoms with Crippen LogP contribution in [-0.2, 0) is 18.3 Å². The van der Waals surface area contributed by atoms with Crippen molar-refractivity contribution in [1.82, 2.24) is 14.5 Å². The van der Waals surface area contributed by atoms with Crippen LogP contribution in [0.4, 0.5) is 0 Å². The van der Waals surface area contributed by atoms with E-state index in [2.05, 4.69) is 27.8 Å². The minimum atomic E-state index is 0.102. The van der Waals surface area contributed by atoms with Crippen molar-refractivity contribution >= 4 is 16.9 Å². The summed E-state index contributed by atoms with van der Waals surface area (Å²) in [5, 5.41) is 0. The number of benzene rings is 1. The molecule has 0 aliphatic heterocycles. The first-order valence-corrected chi connectivity index (χ1v) is 6.12. The molecule has 0 radical (unpaired) electrons. The number of fused-ring (bicyclic) bond motifs is 1. The maximum atomic E-state index is 11.1. The topological polar surface area (TPSA) is 38.1 Å². The first-order valence-electron chi connectivity index (χ1n) is 6.12. The molecule has 0 N–H and O–H groups in total. The summed E-state index contributed by atoms with van der Waals surface area (Å²) in [5.74, 6) is 1.12. The van der Waals surface area contributed by atoms with Gasteiger partial charge in [-0.1, -0.05) is 6.07 Å². The van der Waals surface area contributed by atoms with E-state index in [4.69, 9.17) is 0 Å². The molecule has 0 saturated carbocycles. The molecule has 96 valence electrons. The maximum Gasteiger partial charge on any atom is 0.219 e. The van der Waals surface area contributed by atoms with E-state index in [1.54, 1.807) is 11.8 Å². The van der Waals surface area contributed by atoms with Crippen molar-refractivity contribution in [2.75, 3.05) is 13.6 Å². The fourth-order valence-corrected chi connectivity index (χ4v) is 1.98. The van der Waals surface area contributed by atoms with Crippen molar-refractivity contribution in [2.45, 2.75) is 20.3 Å². The number of nitrogens with zero attached hydrogens (tertiary/aromatic N) is 3. The number of likely N-dealkylation sites (N-methyl/N-ethyl adjacent to an activating group) is 1. The van der Waals surface area contributed by atoms with Crippen LogP contribution in [0.2, 0.25) is 0 Å². The monoisotopic (exact) mass is 245 g/mol. The quantitative estimate of drug-likeness (QED) is 0.828. The van der Waals surface area contributed by atoms with E-state index in [9.17, 15) is 4.79 Å². The first kappa shape index (κ1) is 12.6. The van der Waals surface area contributed by atoms with Crippen LogP contribution in [-0.4, -0.2) is 34.0 Å². The number of hydrogen-bond acceptors (Lipinski definition) is 2. The van der Waals surface area contributed by atoms with Gasteiger partial charge >= 0.3 is 0 Å². The lowest BCUT2D eigenvalue weighted by atomic mass is 10.1. The SMILES string of the molecule is CC(=O)N(C)CCc1ccc2c(c1)nc(C)n2C. The van der Waals surface area contributed by atoms with Crippen molar-refractivity contribution in [1.29, 1.82) is 0 Å². The third-order valence-electron chi connectivity index (χ3n) is 3.44. The Morgan fingerprint density at radius 2 is 2.17 bits per heavy atom. The molecule has 0 saturated heterocycles. The van der Waals surface area contributed by atoms with Crippen molar-refractivity contribution in [2.24, 2.45) is 7.05 Å². The zero-order chi connectivity index (χ0) is 13.3. The van der Waals surface area contributed by atoms with Crippen LogP contribution in [0.5, 0.6) is 0 Å². The number of imidazole rings is 1. The average Bonchev–Trinajstić information content (AvgIpc) is 2.61. The predicted molar refractivity (Wildman–Crippen MR) is 72.5 cm³/mol. The lowest BCUT2D eigenvalue weighted by Crippen LogP contribution is -2.26. The van der Waals surface area contributed by atoms with Gasteiger partial charge in [0.25, 0.3) is 0 Å². The molecule has 0 aliphatic carbocycles. The van der Waals surface area contributed by atoms with Crippen LogP contribution in [0.15, 0.2) is 18.2 Å². The maximum absolute atomic E-state index is 11.1. The second-order valence-electron chi connectivity index (χ2n) is 4.73. The van der Waals surface area contributed by atoms with Crippen LogP contribution < -0.4 is 0 Å². The molecule has 0 atom stereocenters. The Bertz CT molecular complexity index is 586. The summed E-state index contributed by atoms with van der Waals surface area (Å²) < 4.78 is 2.08. The summed E-state index contributed by atoms with van der Waals surface area (Å²) in [6.45, 7) is 4.33. The highest BCUT2D eigenvalue weighted by Crippen LogP contribution is 2.16. The van der Waals surface area contributed by atoms with Gasteiger partial charge in [0, 0.05) is 27.6 Å². The van der Waals surface area contributed by atoms with Crippen LogP contribution in [0.1, 0.15) is 18.3 Å². The minimum Gasteiger partial charge on any atom is -0.346 e. The molecule has 1 aromatic heterocycles. The zero-order valence-electron chi connectivity index (χ0n) is 11.4. The van der Waals surface area contributed by atoms with Crippen LogP contribution >= 0.6 is 0 Å². The van der Waals surface area contributed by atoms with E-state index in [1.165, 1.54) is 5.56 Å². The van der Waals surface area contributed by atoms with E-state index >= 15 is 0 Å². The molecule has 0 unspecified atom stereocenters. The summed E-state index contributed by atoms with van der Waals surface area (Å²) >= 11 is 0. The predicted octanol–water partition coefficient (Wildman–Crippen LogP) is 1.90. The fraction of sp³-hybridized carbons (Fsp3) is 0.429. The molecule has 0 bridgehead atoms. The van der Waals surface area contributed by atoms with Gasteiger partial charge in [0.05, 0.1) is 11.0 Å². The van der Waals surface area contributed by atoms with Crippen molar-refractivity contribution in [3.05, 3.63) is 29.6 Å². The highest BCUT2D eigenvalue weighted by Gasteiger charge is 2.06. The van der Waals surface area contributed by atoms with E-state index < -0.39 is 0 Å². The summed E-state index contributed by atoms with van der Waals surface area (Å²) in [6.07, 6.45) is 0.863. The molecule has 18 heavy (non-hydrogen) atoms.